The molecule has 20 heavy (non-hydrogen) atoms. The predicted octanol–water partition coefficient (Wildman–Crippen LogP) is 2.80. The second-order valence-corrected chi connectivity index (χ2v) is 4.79. The molecule has 2 rings (SSSR count). The third kappa shape index (κ3) is 3.16. The number of esters is 1. The monoisotopic (exact) mass is 291 g/mol. The molecule has 2 aromatic rings. The van der Waals surface area contributed by atoms with E-state index in [1.54, 1.807) is 42.8 Å². The Labute approximate surface area is 120 Å². The SMILES string of the molecule is COC(=O)c1cccc(NC(=O)c2cc(OC)cs2)c1. The Bertz CT molecular complexity index is 636. The highest BCUT2D eigenvalue weighted by atomic mass is 32.1. The molecule has 0 aliphatic rings. The highest BCUT2D eigenvalue weighted by molar-refractivity contribution is 7.12. The number of methoxy groups -OCH3 is 2. The van der Waals surface area contributed by atoms with Crippen molar-refractivity contribution in [1.82, 2.24) is 0 Å². The Morgan fingerprint density at radius 2 is 2.00 bits per heavy atom. The van der Waals surface area contributed by atoms with Gasteiger partial charge in [-0.1, -0.05) is 6.07 Å². The van der Waals surface area contributed by atoms with Gasteiger partial charge in [0.05, 0.1) is 24.7 Å². The molecule has 0 saturated heterocycles. The molecule has 0 bridgehead atoms. The van der Waals surface area contributed by atoms with Crippen LogP contribution in [0, 0.1) is 0 Å². The van der Waals surface area contributed by atoms with Crippen molar-refractivity contribution in [2.75, 3.05) is 19.5 Å². The first kappa shape index (κ1) is 14.1. The van der Waals surface area contributed by atoms with Crippen LogP contribution in [0.4, 0.5) is 5.69 Å². The molecule has 1 aromatic carbocycles. The van der Waals surface area contributed by atoms with Gasteiger partial charge >= 0.3 is 5.97 Å². The van der Waals surface area contributed by atoms with Gasteiger partial charge in [-0.25, -0.2) is 4.79 Å². The van der Waals surface area contributed by atoms with E-state index in [4.69, 9.17) is 4.74 Å². The quantitative estimate of drug-likeness (QED) is 0.880. The van der Waals surface area contributed by atoms with E-state index < -0.39 is 5.97 Å². The second kappa shape index (κ2) is 6.21. The highest BCUT2D eigenvalue weighted by Crippen LogP contribution is 2.22. The number of hydrogen-bond acceptors (Lipinski definition) is 5. The Kier molecular flexibility index (Phi) is 4.37. The van der Waals surface area contributed by atoms with Crippen molar-refractivity contribution in [3.63, 3.8) is 0 Å². The Morgan fingerprint density at radius 1 is 1.20 bits per heavy atom. The predicted molar refractivity (Wildman–Crippen MR) is 76.6 cm³/mol. The number of carbonyl (C=O) groups excluding carboxylic acids is 2. The van der Waals surface area contributed by atoms with Crippen molar-refractivity contribution in [1.29, 1.82) is 0 Å². The van der Waals surface area contributed by atoms with Gasteiger partial charge in [-0.3, -0.25) is 4.79 Å². The lowest BCUT2D eigenvalue weighted by atomic mass is 10.2. The van der Waals surface area contributed by atoms with Crippen LogP contribution in [0.15, 0.2) is 35.7 Å². The van der Waals surface area contributed by atoms with Crippen molar-refractivity contribution in [2.24, 2.45) is 0 Å². The van der Waals surface area contributed by atoms with Crippen molar-refractivity contribution >= 4 is 28.9 Å². The number of carbonyl (C=O) groups is 2. The van der Waals surface area contributed by atoms with Crippen LogP contribution in [0.3, 0.4) is 0 Å². The van der Waals surface area contributed by atoms with Gasteiger partial charge in [0.15, 0.2) is 0 Å². The molecule has 1 amide bonds. The summed E-state index contributed by atoms with van der Waals surface area (Å²) in [6, 6.07) is 8.22. The summed E-state index contributed by atoms with van der Waals surface area (Å²) in [5.74, 6) is -0.0531. The summed E-state index contributed by atoms with van der Waals surface area (Å²) in [6.45, 7) is 0. The number of benzene rings is 1. The number of anilines is 1. The maximum absolute atomic E-state index is 12.0. The van der Waals surface area contributed by atoms with Gasteiger partial charge in [-0.15, -0.1) is 11.3 Å². The van der Waals surface area contributed by atoms with E-state index in [0.29, 0.717) is 21.9 Å². The molecule has 0 atom stereocenters. The molecule has 104 valence electrons. The van der Waals surface area contributed by atoms with E-state index in [9.17, 15) is 9.59 Å². The second-order valence-electron chi connectivity index (χ2n) is 3.88. The normalized spacial score (nSPS) is 9.90. The van der Waals surface area contributed by atoms with Crippen molar-refractivity contribution in [3.05, 3.63) is 46.2 Å². The van der Waals surface area contributed by atoms with E-state index in [1.165, 1.54) is 18.4 Å². The summed E-state index contributed by atoms with van der Waals surface area (Å²) >= 11 is 1.29. The zero-order valence-corrected chi connectivity index (χ0v) is 11.8. The molecule has 0 aliphatic heterocycles. The molecule has 5 nitrogen and oxygen atoms in total. The van der Waals surface area contributed by atoms with E-state index >= 15 is 0 Å². The number of rotatable bonds is 4. The molecular formula is C14H13NO4S. The van der Waals surface area contributed by atoms with Crippen LogP contribution >= 0.6 is 11.3 Å². The summed E-state index contributed by atoms with van der Waals surface area (Å²) in [5.41, 5.74) is 0.916. The first-order valence-electron chi connectivity index (χ1n) is 5.76. The number of ether oxygens (including phenoxy) is 2. The summed E-state index contributed by atoms with van der Waals surface area (Å²) in [6.07, 6.45) is 0. The van der Waals surface area contributed by atoms with Gasteiger partial charge in [0.25, 0.3) is 5.91 Å². The molecule has 0 spiro atoms. The van der Waals surface area contributed by atoms with Gasteiger partial charge in [0.1, 0.15) is 5.75 Å². The average molecular weight is 291 g/mol. The van der Waals surface area contributed by atoms with Crippen LogP contribution in [0.25, 0.3) is 0 Å². The third-order valence-corrected chi connectivity index (χ3v) is 3.48. The molecular weight excluding hydrogens is 278 g/mol. The number of amides is 1. The molecule has 0 unspecified atom stereocenters. The van der Waals surface area contributed by atoms with Crippen molar-refractivity contribution < 1.29 is 19.1 Å². The molecule has 0 saturated carbocycles. The fourth-order valence-electron chi connectivity index (χ4n) is 1.58. The zero-order valence-electron chi connectivity index (χ0n) is 11.0. The highest BCUT2D eigenvalue weighted by Gasteiger charge is 2.11. The van der Waals surface area contributed by atoms with Crippen LogP contribution in [0.5, 0.6) is 5.75 Å². The number of nitrogens with one attached hydrogen (secondary N) is 1. The molecule has 6 heteroatoms. The largest absolute Gasteiger partial charge is 0.496 e. The minimum absolute atomic E-state index is 0.250. The van der Waals surface area contributed by atoms with Gasteiger partial charge in [-0.2, -0.15) is 0 Å². The molecule has 0 radical (unpaired) electrons. The minimum Gasteiger partial charge on any atom is -0.496 e. The standard InChI is InChI=1S/C14H13NO4S/c1-18-11-7-12(20-8-11)13(16)15-10-5-3-4-9(6-10)14(17)19-2/h3-8H,1-2H3,(H,15,16). The molecule has 0 fully saturated rings. The maximum atomic E-state index is 12.0. The first-order valence-corrected chi connectivity index (χ1v) is 6.64. The van der Waals surface area contributed by atoms with Crippen LogP contribution < -0.4 is 10.1 Å². The molecule has 1 aromatic heterocycles. The van der Waals surface area contributed by atoms with Gasteiger partial charge in [0, 0.05) is 17.1 Å². The van der Waals surface area contributed by atoms with Crippen LogP contribution in [-0.2, 0) is 4.74 Å². The van der Waals surface area contributed by atoms with E-state index in [1.807, 2.05) is 0 Å². The maximum Gasteiger partial charge on any atom is 0.337 e. The number of thiophene rings is 1. The zero-order chi connectivity index (χ0) is 14.5. The van der Waals surface area contributed by atoms with Gasteiger partial charge in [-0.05, 0) is 18.2 Å². The Morgan fingerprint density at radius 3 is 2.65 bits per heavy atom. The van der Waals surface area contributed by atoms with E-state index in [-0.39, 0.29) is 5.91 Å². The van der Waals surface area contributed by atoms with Crippen LogP contribution in [0.2, 0.25) is 0 Å². The lowest BCUT2D eigenvalue weighted by molar-refractivity contribution is 0.0600. The van der Waals surface area contributed by atoms with E-state index in [2.05, 4.69) is 10.1 Å². The topological polar surface area (TPSA) is 64.6 Å². The summed E-state index contributed by atoms with van der Waals surface area (Å²) in [4.78, 5) is 24.0. The lowest BCUT2D eigenvalue weighted by Crippen LogP contribution is -2.11. The number of hydrogen-bond donors (Lipinski definition) is 1. The van der Waals surface area contributed by atoms with Gasteiger partial charge in [0.2, 0.25) is 0 Å². The Balaban J connectivity index is 2.13. The van der Waals surface area contributed by atoms with Crippen molar-refractivity contribution in [3.8, 4) is 5.75 Å². The van der Waals surface area contributed by atoms with Crippen LogP contribution in [-0.4, -0.2) is 26.1 Å². The molecule has 1 heterocycles. The Hall–Kier alpha value is -2.34. The summed E-state index contributed by atoms with van der Waals surface area (Å²) in [5, 5.41) is 4.47. The molecule has 0 aliphatic carbocycles. The summed E-state index contributed by atoms with van der Waals surface area (Å²) in [7, 11) is 2.86. The van der Waals surface area contributed by atoms with Gasteiger partial charge < -0.3 is 14.8 Å². The third-order valence-electron chi connectivity index (χ3n) is 2.58. The fourth-order valence-corrected chi connectivity index (χ4v) is 2.33. The lowest BCUT2D eigenvalue weighted by Gasteiger charge is -2.05. The summed E-state index contributed by atoms with van der Waals surface area (Å²) < 4.78 is 9.66. The van der Waals surface area contributed by atoms with E-state index in [0.717, 1.165) is 0 Å². The molecule has 1 N–H and O–H groups in total. The fraction of sp³-hybridized carbons (Fsp3) is 0.143. The smallest absolute Gasteiger partial charge is 0.337 e. The average Bonchev–Trinajstić information content (AvgIpc) is 2.95. The van der Waals surface area contributed by atoms with Crippen LogP contribution in [0.1, 0.15) is 20.0 Å². The minimum atomic E-state index is -0.445. The first-order chi connectivity index (χ1) is 9.63. The van der Waals surface area contributed by atoms with Crippen molar-refractivity contribution in [2.45, 2.75) is 0 Å².